The Bertz CT molecular complexity index is 1060. The summed E-state index contributed by atoms with van der Waals surface area (Å²) in [6.07, 6.45) is 4.24. The summed E-state index contributed by atoms with van der Waals surface area (Å²) in [4.78, 5) is 27.0. The highest BCUT2D eigenvalue weighted by Crippen LogP contribution is 2.26. The molecular weight excluding hydrogens is 374 g/mol. The standard InChI is InChI=1S/C25H33N3O2.2H2/c1-5-7-15-28(4)17(3)21(10-6-2)27-23-22(24(29)25(23)30)26-20-14-13-18-11-8-9-12-19(18)16-20;;/h8-9,11-14,16-17,21,26-27H,5-7,10,15H2,1-4H3;2*1H/t17-,21?;;/m1../s1. The molecule has 164 valence electrons. The van der Waals surface area contributed by atoms with Gasteiger partial charge in [0.1, 0.15) is 11.4 Å². The summed E-state index contributed by atoms with van der Waals surface area (Å²) in [5, 5.41) is 8.81. The third-order valence-electron chi connectivity index (χ3n) is 6.00. The van der Waals surface area contributed by atoms with Gasteiger partial charge in [-0.1, -0.05) is 57.0 Å². The summed E-state index contributed by atoms with van der Waals surface area (Å²) in [6, 6.07) is 14.4. The highest BCUT2D eigenvalue weighted by atomic mass is 16.2. The Hall–Kier alpha value is -2.66. The average molecular weight is 412 g/mol. The molecule has 0 aliphatic carbocycles. The lowest BCUT2D eigenvalue weighted by atomic mass is 10.0. The predicted molar refractivity (Wildman–Crippen MR) is 132 cm³/mol. The van der Waals surface area contributed by atoms with Crippen molar-refractivity contribution in [2.75, 3.05) is 24.2 Å². The molecule has 0 aromatic heterocycles. The lowest BCUT2D eigenvalue weighted by Crippen LogP contribution is -2.47. The van der Waals surface area contributed by atoms with Gasteiger partial charge in [0.25, 0.3) is 10.9 Å². The van der Waals surface area contributed by atoms with Crippen molar-refractivity contribution in [3.63, 3.8) is 0 Å². The molecule has 5 nitrogen and oxygen atoms in total. The van der Waals surface area contributed by atoms with Crippen LogP contribution in [0.15, 0.2) is 52.1 Å². The molecule has 0 saturated carbocycles. The Labute approximate surface area is 181 Å². The van der Waals surface area contributed by atoms with Crippen LogP contribution in [0.2, 0.25) is 0 Å². The van der Waals surface area contributed by atoms with E-state index in [1.54, 1.807) is 0 Å². The summed E-state index contributed by atoms with van der Waals surface area (Å²) in [5.74, 6) is 0. The van der Waals surface area contributed by atoms with Crippen LogP contribution in [0.5, 0.6) is 0 Å². The van der Waals surface area contributed by atoms with Crippen LogP contribution in [0.25, 0.3) is 10.8 Å². The normalized spacial score (nSPS) is 13.6. The molecule has 3 aromatic carbocycles. The first kappa shape index (κ1) is 22.0. The molecule has 1 unspecified atom stereocenters. The molecule has 30 heavy (non-hydrogen) atoms. The Morgan fingerprint density at radius 1 is 0.967 bits per heavy atom. The van der Waals surface area contributed by atoms with E-state index in [-0.39, 0.29) is 14.9 Å². The maximum absolute atomic E-state index is 12.4. The van der Waals surface area contributed by atoms with Crippen molar-refractivity contribution in [2.24, 2.45) is 0 Å². The maximum atomic E-state index is 12.4. The number of fused-ring (bicyclic) bond motifs is 1. The number of hydrogen-bond donors (Lipinski definition) is 2. The summed E-state index contributed by atoms with van der Waals surface area (Å²) in [5.41, 5.74) is 0.724. The zero-order chi connectivity index (χ0) is 21.7. The van der Waals surface area contributed by atoms with Gasteiger partial charge in [0.05, 0.1) is 0 Å². The minimum atomic E-state index is -0.451. The van der Waals surface area contributed by atoms with Gasteiger partial charge >= 0.3 is 0 Å². The molecule has 0 saturated heterocycles. The largest absolute Gasteiger partial charge is 0.376 e. The van der Waals surface area contributed by atoms with Gasteiger partial charge in [-0.15, -0.1) is 0 Å². The van der Waals surface area contributed by atoms with E-state index in [4.69, 9.17) is 0 Å². The molecule has 0 aliphatic rings. The van der Waals surface area contributed by atoms with E-state index in [1.807, 2.05) is 36.4 Å². The number of nitrogens with one attached hydrogen (secondary N) is 2. The Kier molecular flexibility index (Phi) is 7.27. The first-order valence-electron chi connectivity index (χ1n) is 11.0. The van der Waals surface area contributed by atoms with Crippen LogP contribution in [0.4, 0.5) is 17.1 Å². The summed E-state index contributed by atoms with van der Waals surface area (Å²) in [6.45, 7) is 7.54. The molecule has 2 atom stereocenters. The van der Waals surface area contributed by atoms with E-state index in [9.17, 15) is 9.59 Å². The fourth-order valence-corrected chi connectivity index (χ4v) is 3.91. The molecule has 0 bridgehead atoms. The van der Waals surface area contributed by atoms with Gasteiger partial charge in [0.15, 0.2) is 0 Å². The molecule has 0 aliphatic heterocycles. The molecule has 2 N–H and O–H groups in total. The highest BCUT2D eigenvalue weighted by molar-refractivity contribution is 5.88. The van der Waals surface area contributed by atoms with Gasteiger partial charge in [-0.25, -0.2) is 0 Å². The first-order chi connectivity index (χ1) is 14.5. The third kappa shape index (κ3) is 4.73. The second-order valence-electron chi connectivity index (χ2n) is 8.21. The molecule has 3 rings (SSSR count). The smallest absolute Gasteiger partial charge is 0.253 e. The van der Waals surface area contributed by atoms with Crippen molar-refractivity contribution >= 4 is 27.8 Å². The third-order valence-corrected chi connectivity index (χ3v) is 6.00. The van der Waals surface area contributed by atoms with E-state index in [2.05, 4.69) is 49.4 Å². The minimum Gasteiger partial charge on any atom is -0.376 e. The van der Waals surface area contributed by atoms with Crippen LogP contribution in [-0.2, 0) is 0 Å². The van der Waals surface area contributed by atoms with Gasteiger partial charge < -0.3 is 15.5 Å². The second kappa shape index (κ2) is 9.90. The molecule has 0 spiro atoms. The molecule has 0 radical (unpaired) electrons. The SMILES string of the molecule is CCCCN(C)[C@H](C)C(CCC)Nc1c(Nc2ccc3ccccc3c2)c(=O)c1=O.[HH].[HH]. The number of anilines is 3. The molecule has 0 heterocycles. The summed E-state index contributed by atoms with van der Waals surface area (Å²) >= 11 is 0. The minimum absolute atomic E-state index is 0. The highest BCUT2D eigenvalue weighted by Gasteiger charge is 2.27. The van der Waals surface area contributed by atoms with E-state index in [0.29, 0.717) is 11.4 Å². The number of hydrogen-bond acceptors (Lipinski definition) is 5. The van der Waals surface area contributed by atoms with Crippen molar-refractivity contribution < 1.29 is 2.85 Å². The Morgan fingerprint density at radius 3 is 2.37 bits per heavy atom. The Morgan fingerprint density at radius 2 is 1.67 bits per heavy atom. The zero-order valence-corrected chi connectivity index (χ0v) is 18.5. The second-order valence-corrected chi connectivity index (χ2v) is 8.21. The number of benzene rings is 2. The summed E-state index contributed by atoms with van der Waals surface area (Å²) < 4.78 is 0. The van der Waals surface area contributed by atoms with Crippen molar-refractivity contribution in [1.29, 1.82) is 0 Å². The fourth-order valence-electron chi connectivity index (χ4n) is 3.91. The molecule has 3 aromatic rings. The van der Waals surface area contributed by atoms with E-state index >= 15 is 0 Å². The Balaban J connectivity index is 0.00000256. The van der Waals surface area contributed by atoms with Crippen LogP contribution >= 0.6 is 0 Å². The van der Waals surface area contributed by atoms with Gasteiger partial charge in [0, 0.05) is 20.6 Å². The van der Waals surface area contributed by atoms with Crippen molar-refractivity contribution in [3.8, 4) is 0 Å². The van der Waals surface area contributed by atoms with E-state index < -0.39 is 10.9 Å². The van der Waals surface area contributed by atoms with Crippen LogP contribution in [0, 0.1) is 0 Å². The van der Waals surface area contributed by atoms with Crippen LogP contribution in [0.3, 0.4) is 0 Å². The van der Waals surface area contributed by atoms with Crippen LogP contribution in [0.1, 0.15) is 49.3 Å². The first-order valence-corrected chi connectivity index (χ1v) is 11.0. The summed E-state index contributed by atoms with van der Waals surface area (Å²) in [7, 11) is 2.13. The predicted octanol–water partition coefficient (Wildman–Crippen LogP) is 5.37. The number of unbranched alkanes of at least 4 members (excludes halogenated alkanes) is 1. The number of likely N-dealkylation sites (N-methyl/N-ethyl adjacent to an activating group) is 1. The topological polar surface area (TPSA) is 61.4 Å². The lowest BCUT2D eigenvalue weighted by Gasteiger charge is -2.33. The zero-order valence-electron chi connectivity index (χ0n) is 18.5. The molecule has 5 heteroatoms. The molecule has 0 fully saturated rings. The van der Waals surface area contributed by atoms with Crippen LogP contribution in [-0.4, -0.2) is 30.6 Å². The van der Waals surface area contributed by atoms with Crippen molar-refractivity contribution in [2.45, 2.75) is 58.5 Å². The number of nitrogens with zero attached hydrogens (tertiary/aromatic N) is 1. The maximum Gasteiger partial charge on any atom is 0.253 e. The van der Waals surface area contributed by atoms with E-state index in [0.717, 1.165) is 48.7 Å². The quantitative estimate of drug-likeness (QED) is 0.415. The molecule has 0 amide bonds. The fraction of sp³-hybridized carbons (Fsp3) is 0.440. The number of rotatable bonds is 11. The van der Waals surface area contributed by atoms with Gasteiger partial charge in [-0.2, -0.15) is 0 Å². The van der Waals surface area contributed by atoms with Gasteiger partial charge in [-0.05, 0) is 56.3 Å². The van der Waals surface area contributed by atoms with Crippen molar-refractivity contribution in [1.82, 2.24) is 4.90 Å². The lowest BCUT2D eigenvalue weighted by molar-refractivity contribution is 0.225. The van der Waals surface area contributed by atoms with Gasteiger partial charge in [-0.3, -0.25) is 9.59 Å². The van der Waals surface area contributed by atoms with Crippen LogP contribution < -0.4 is 21.5 Å². The monoisotopic (exact) mass is 411 g/mol. The van der Waals surface area contributed by atoms with Gasteiger partial charge in [0.2, 0.25) is 0 Å². The average Bonchev–Trinajstić information content (AvgIpc) is 2.77. The van der Waals surface area contributed by atoms with E-state index in [1.165, 1.54) is 0 Å². The van der Waals surface area contributed by atoms with Crippen molar-refractivity contribution in [3.05, 3.63) is 62.9 Å². The molecular formula is C25H37N3O2.